The van der Waals surface area contributed by atoms with Gasteiger partial charge in [-0.25, -0.2) is 0 Å². The molecule has 0 saturated carbocycles. The standard InChI is InChI=1S/C59H40N2/c1-39-29-36-53-54(37-39)58(42-31-30-40-15-5-6-16-41(40)38-42)51-21-7-8-22-52(51)59(53)50-25-13-24-47-46(50)23-14-28-55(47)60(43-17-3-2-4-18-43)44-32-34-45(35-33-44)61-56-26-11-9-19-48(56)49-20-10-12-27-57(49)61/h2-38H,1H3. The highest BCUT2D eigenvalue weighted by Gasteiger charge is 2.21. The number of benzene rings is 11. The van der Waals surface area contributed by atoms with Crippen LogP contribution in [0.3, 0.4) is 0 Å². The first-order valence-corrected chi connectivity index (χ1v) is 21.1. The molecule has 0 atom stereocenters. The maximum atomic E-state index is 2.41. The molecule has 0 N–H and O–H groups in total. The average Bonchev–Trinajstić information content (AvgIpc) is 3.65. The topological polar surface area (TPSA) is 8.17 Å². The van der Waals surface area contributed by atoms with Gasteiger partial charge in [0.25, 0.3) is 0 Å². The molecule has 12 aromatic rings. The molecule has 2 nitrogen and oxygen atoms in total. The van der Waals surface area contributed by atoms with Crippen LogP contribution in [-0.2, 0) is 0 Å². The minimum absolute atomic E-state index is 1.10. The van der Waals surface area contributed by atoms with Crippen molar-refractivity contribution in [2.45, 2.75) is 6.92 Å². The van der Waals surface area contributed by atoms with Gasteiger partial charge >= 0.3 is 0 Å². The second kappa shape index (κ2) is 14.1. The Kier molecular flexibility index (Phi) is 8.11. The second-order valence-corrected chi connectivity index (χ2v) is 16.1. The summed E-state index contributed by atoms with van der Waals surface area (Å²) in [6.45, 7) is 2.20. The fraction of sp³-hybridized carbons (Fsp3) is 0.0169. The number of anilines is 3. The Bertz CT molecular complexity index is 3600. The van der Waals surface area contributed by atoms with Crippen LogP contribution < -0.4 is 4.90 Å². The quantitative estimate of drug-likeness (QED) is 0.153. The molecule has 0 radical (unpaired) electrons. The van der Waals surface area contributed by atoms with Crippen LogP contribution in [0, 0.1) is 6.92 Å². The van der Waals surface area contributed by atoms with Crippen molar-refractivity contribution in [3.05, 3.63) is 230 Å². The molecule has 0 saturated heterocycles. The van der Waals surface area contributed by atoms with E-state index in [0.717, 1.165) is 22.7 Å². The fourth-order valence-corrected chi connectivity index (χ4v) is 9.90. The van der Waals surface area contributed by atoms with Crippen molar-refractivity contribution in [1.29, 1.82) is 0 Å². The maximum absolute atomic E-state index is 2.41. The number of nitrogens with zero attached hydrogens (tertiary/aromatic N) is 2. The summed E-state index contributed by atoms with van der Waals surface area (Å²) in [6.07, 6.45) is 0. The van der Waals surface area contributed by atoms with Gasteiger partial charge in [-0.15, -0.1) is 0 Å². The molecule has 286 valence electrons. The SMILES string of the molecule is Cc1ccc2c(-c3cccc4c(N(c5ccccc5)c5ccc(-n6c7ccccc7c7ccccc76)cc5)cccc34)c3ccccc3c(-c3ccc4ccccc4c3)c2c1. The molecule has 0 aliphatic carbocycles. The highest BCUT2D eigenvalue weighted by molar-refractivity contribution is 6.24. The minimum Gasteiger partial charge on any atom is -0.310 e. The maximum Gasteiger partial charge on any atom is 0.0541 e. The van der Waals surface area contributed by atoms with Gasteiger partial charge in [0.2, 0.25) is 0 Å². The van der Waals surface area contributed by atoms with E-state index in [9.17, 15) is 0 Å². The minimum atomic E-state index is 1.10. The van der Waals surface area contributed by atoms with E-state index in [1.54, 1.807) is 0 Å². The summed E-state index contributed by atoms with van der Waals surface area (Å²) in [7, 11) is 0. The Morgan fingerprint density at radius 1 is 0.344 bits per heavy atom. The number of aromatic nitrogens is 1. The van der Waals surface area contributed by atoms with Crippen molar-refractivity contribution in [2.75, 3.05) is 4.90 Å². The van der Waals surface area contributed by atoms with Crippen molar-refractivity contribution < 1.29 is 0 Å². The summed E-state index contributed by atoms with van der Waals surface area (Å²) in [6, 6.07) is 82.4. The lowest BCUT2D eigenvalue weighted by Crippen LogP contribution is -2.10. The van der Waals surface area contributed by atoms with Crippen LogP contribution in [0.4, 0.5) is 17.1 Å². The molecular weight excluding hydrogens is 737 g/mol. The Hall–Kier alpha value is -7.94. The third-order valence-electron chi connectivity index (χ3n) is 12.6. The fourth-order valence-electron chi connectivity index (χ4n) is 9.90. The first kappa shape index (κ1) is 35.0. The summed E-state index contributed by atoms with van der Waals surface area (Å²) in [5.74, 6) is 0. The molecule has 11 aromatic carbocycles. The Morgan fingerprint density at radius 2 is 0.918 bits per heavy atom. The number of para-hydroxylation sites is 3. The van der Waals surface area contributed by atoms with Crippen molar-refractivity contribution >= 4 is 82.0 Å². The van der Waals surface area contributed by atoms with E-state index in [0.29, 0.717) is 0 Å². The third-order valence-corrected chi connectivity index (χ3v) is 12.6. The van der Waals surface area contributed by atoms with Crippen molar-refractivity contribution in [1.82, 2.24) is 4.57 Å². The normalized spacial score (nSPS) is 11.7. The first-order valence-electron chi connectivity index (χ1n) is 21.1. The molecule has 0 fully saturated rings. The van der Waals surface area contributed by atoms with Crippen molar-refractivity contribution in [2.24, 2.45) is 0 Å². The Balaban J connectivity index is 1.06. The van der Waals surface area contributed by atoms with Gasteiger partial charge in [0.15, 0.2) is 0 Å². The smallest absolute Gasteiger partial charge is 0.0541 e. The van der Waals surface area contributed by atoms with E-state index in [1.165, 1.54) is 92.7 Å². The molecule has 0 aliphatic heterocycles. The lowest BCUT2D eigenvalue weighted by atomic mass is 9.84. The Labute approximate surface area is 354 Å². The highest BCUT2D eigenvalue weighted by atomic mass is 15.1. The summed E-state index contributed by atoms with van der Waals surface area (Å²) in [5.41, 5.74) is 13.1. The summed E-state index contributed by atoms with van der Waals surface area (Å²) < 4.78 is 2.38. The van der Waals surface area contributed by atoms with Gasteiger partial charge in [0.05, 0.1) is 16.7 Å². The largest absolute Gasteiger partial charge is 0.310 e. The first-order chi connectivity index (χ1) is 30.2. The van der Waals surface area contributed by atoms with E-state index in [1.807, 2.05) is 0 Å². The van der Waals surface area contributed by atoms with Crippen molar-refractivity contribution in [3.8, 4) is 27.9 Å². The predicted octanol–water partition coefficient (Wildman–Crippen LogP) is 16.5. The van der Waals surface area contributed by atoms with E-state index < -0.39 is 0 Å². The molecule has 2 heteroatoms. The van der Waals surface area contributed by atoms with Crippen molar-refractivity contribution in [3.63, 3.8) is 0 Å². The summed E-state index contributed by atoms with van der Waals surface area (Å²) in [5, 5.41) is 12.5. The van der Waals surface area contributed by atoms with Crippen LogP contribution in [0.2, 0.25) is 0 Å². The Morgan fingerprint density at radius 3 is 1.67 bits per heavy atom. The van der Waals surface area contributed by atoms with E-state index in [2.05, 4.69) is 241 Å². The van der Waals surface area contributed by atoms with Gasteiger partial charge in [-0.1, -0.05) is 169 Å². The molecule has 12 rings (SSSR count). The van der Waals surface area contributed by atoms with E-state index in [4.69, 9.17) is 0 Å². The molecule has 1 heterocycles. The van der Waals surface area contributed by atoms with Crippen LogP contribution in [-0.4, -0.2) is 4.57 Å². The number of hydrogen-bond acceptors (Lipinski definition) is 1. The molecule has 0 amide bonds. The predicted molar refractivity (Wildman–Crippen MR) is 261 cm³/mol. The lowest BCUT2D eigenvalue weighted by molar-refractivity contribution is 1.17. The summed E-state index contributed by atoms with van der Waals surface area (Å²) >= 11 is 0. The van der Waals surface area contributed by atoms with Crippen LogP contribution in [0.15, 0.2) is 224 Å². The lowest BCUT2D eigenvalue weighted by Gasteiger charge is -2.27. The van der Waals surface area contributed by atoms with Crippen LogP contribution in [0.25, 0.3) is 92.8 Å². The molecule has 0 unspecified atom stereocenters. The van der Waals surface area contributed by atoms with Crippen LogP contribution in [0.5, 0.6) is 0 Å². The number of hydrogen-bond donors (Lipinski definition) is 0. The molecule has 0 aliphatic rings. The zero-order chi connectivity index (χ0) is 40.4. The van der Waals surface area contributed by atoms with Crippen LogP contribution in [0.1, 0.15) is 5.56 Å². The molecule has 1 aromatic heterocycles. The van der Waals surface area contributed by atoms with Gasteiger partial charge in [-0.3, -0.25) is 0 Å². The van der Waals surface area contributed by atoms with Gasteiger partial charge in [-0.2, -0.15) is 0 Å². The van der Waals surface area contributed by atoms with E-state index in [-0.39, 0.29) is 0 Å². The average molecular weight is 777 g/mol. The second-order valence-electron chi connectivity index (χ2n) is 16.1. The molecule has 61 heavy (non-hydrogen) atoms. The molecular formula is C59H40N2. The molecule has 0 bridgehead atoms. The van der Waals surface area contributed by atoms with Gasteiger partial charge in [0.1, 0.15) is 0 Å². The van der Waals surface area contributed by atoms with Gasteiger partial charge in [0, 0.05) is 33.2 Å². The van der Waals surface area contributed by atoms with Crippen LogP contribution >= 0.6 is 0 Å². The zero-order valence-electron chi connectivity index (χ0n) is 33.8. The van der Waals surface area contributed by atoms with Gasteiger partial charge in [-0.05, 0) is 128 Å². The number of rotatable bonds is 6. The number of aryl methyl sites for hydroxylation is 1. The highest BCUT2D eigenvalue weighted by Crippen LogP contribution is 2.48. The van der Waals surface area contributed by atoms with Gasteiger partial charge < -0.3 is 9.47 Å². The van der Waals surface area contributed by atoms with E-state index >= 15 is 0 Å². The monoisotopic (exact) mass is 776 g/mol. The number of fused-ring (bicyclic) bond motifs is 7. The third kappa shape index (κ3) is 5.64. The molecule has 0 spiro atoms. The zero-order valence-corrected chi connectivity index (χ0v) is 33.8. The summed E-state index contributed by atoms with van der Waals surface area (Å²) in [4.78, 5) is 2.41.